The largest absolute Gasteiger partial charge is 0.455 e. The van der Waals surface area contributed by atoms with Crippen LogP contribution in [0, 0.1) is 0 Å². The maximum Gasteiger partial charge on any atom is 0.287 e. The van der Waals surface area contributed by atoms with E-state index < -0.39 is 6.04 Å². The molecule has 2 heterocycles. The Morgan fingerprint density at radius 3 is 2.83 bits per heavy atom. The summed E-state index contributed by atoms with van der Waals surface area (Å²) in [5.41, 5.74) is 0.834. The minimum absolute atomic E-state index is 0.190. The fourth-order valence-electron chi connectivity index (χ4n) is 2.13. The summed E-state index contributed by atoms with van der Waals surface area (Å²) in [6, 6.07) is 12.2. The molecule has 0 spiro atoms. The van der Waals surface area contributed by atoms with Crippen molar-refractivity contribution in [3.05, 3.63) is 65.9 Å². The van der Waals surface area contributed by atoms with Gasteiger partial charge in [-0.05, 0) is 17.7 Å². The Balaban J connectivity index is 1.60. The minimum atomic E-state index is -0.476. The lowest BCUT2D eigenvalue weighted by atomic mass is 10.1. The summed E-state index contributed by atoms with van der Waals surface area (Å²) in [6.07, 6.45) is 1.43. The second-order valence-electron chi connectivity index (χ2n) is 4.96. The van der Waals surface area contributed by atoms with E-state index in [0.717, 1.165) is 5.56 Å². The van der Waals surface area contributed by atoms with Crippen LogP contribution in [-0.4, -0.2) is 32.8 Å². The Morgan fingerprint density at radius 2 is 2.12 bits per heavy atom. The number of aliphatic hydroxyl groups is 1. The van der Waals surface area contributed by atoms with E-state index in [9.17, 15) is 9.90 Å². The van der Waals surface area contributed by atoms with Gasteiger partial charge in [-0.25, -0.2) is 4.98 Å². The zero-order chi connectivity index (χ0) is 16.8. The van der Waals surface area contributed by atoms with Gasteiger partial charge in [0, 0.05) is 0 Å². The number of thioether (sulfide) groups is 1. The van der Waals surface area contributed by atoms with Gasteiger partial charge in [-0.2, -0.15) is 5.10 Å². The first-order valence-electron chi connectivity index (χ1n) is 7.30. The van der Waals surface area contributed by atoms with Crippen LogP contribution in [0.1, 0.15) is 27.9 Å². The first-order valence-corrected chi connectivity index (χ1v) is 8.28. The number of rotatable bonds is 7. The lowest BCUT2D eigenvalue weighted by Crippen LogP contribution is -2.30. The molecule has 0 aliphatic heterocycles. The number of hydrogen-bond donors (Lipinski definition) is 3. The standard InChI is InChI=1S/C16H16N4O3S/c21-8-13(11-4-2-1-3-5-11)19-15(22)14-7-6-12(23-14)9-24-16-17-10-18-20-16/h1-7,10,13,21H,8-9H2,(H,19,22)(H,17,18,20)/t13-/m1/s1. The predicted octanol–water partition coefficient (Wildman–Crippen LogP) is 2.15. The van der Waals surface area contributed by atoms with Gasteiger partial charge in [-0.15, -0.1) is 0 Å². The van der Waals surface area contributed by atoms with Crippen molar-refractivity contribution in [1.29, 1.82) is 0 Å². The van der Waals surface area contributed by atoms with Gasteiger partial charge in [-0.1, -0.05) is 42.1 Å². The van der Waals surface area contributed by atoms with Crippen molar-refractivity contribution in [2.24, 2.45) is 0 Å². The summed E-state index contributed by atoms with van der Waals surface area (Å²) in [6.45, 7) is -0.190. The van der Waals surface area contributed by atoms with Gasteiger partial charge in [0.05, 0.1) is 18.4 Å². The quantitative estimate of drug-likeness (QED) is 0.567. The lowest BCUT2D eigenvalue weighted by Gasteiger charge is -2.15. The number of carbonyl (C=O) groups is 1. The molecule has 124 valence electrons. The molecule has 8 heteroatoms. The van der Waals surface area contributed by atoms with Crippen LogP contribution in [0.3, 0.4) is 0 Å². The molecule has 3 aromatic rings. The predicted molar refractivity (Wildman–Crippen MR) is 88.4 cm³/mol. The van der Waals surface area contributed by atoms with Crippen molar-refractivity contribution >= 4 is 17.7 Å². The number of carbonyl (C=O) groups excluding carboxylic acids is 1. The number of nitrogens with one attached hydrogen (secondary N) is 2. The Hall–Kier alpha value is -2.58. The van der Waals surface area contributed by atoms with Crippen LogP contribution in [-0.2, 0) is 5.75 Å². The van der Waals surface area contributed by atoms with E-state index in [1.54, 1.807) is 12.1 Å². The molecule has 0 aliphatic rings. The van der Waals surface area contributed by atoms with E-state index in [4.69, 9.17) is 4.42 Å². The van der Waals surface area contributed by atoms with Gasteiger partial charge < -0.3 is 14.8 Å². The number of amides is 1. The molecule has 3 rings (SSSR count). The van der Waals surface area contributed by atoms with Gasteiger partial charge >= 0.3 is 0 Å². The Labute approximate surface area is 142 Å². The molecule has 3 N–H and O–H groups in total. The number of furan rings is 1. The van der Waals surface area contributed by atoms with Gasteiger partial charge in [0.15, 0.2) is 10.9 Å². The van der Waals surface area contributed by atoms with Gasteiger partial charge in [0.2, 0.25) is 0 Å². The van der Waals surface area contributed by atoms with Crippen LogP contribution < -0.4 is 5.32 Å². The molecular weight excluding hydrogens is 328 g/mol. The van der Waals surface area contributed by atoms with Crippen molar-refractivity contribution in [3.8, 4) is 0 Å². The van der Waals surface area contributed by atoms with Crippen LogP contribution in [0.25, 0.3) is 0 Å². The topological polar surface area (TPSA) is 104 Å². The van der Waals surface area contributed by atoms with Crippen LogP contribution in [0.4, 0.5) is 0 Å². The number of H-pyrrole nitrogens is 1. The van der Waals surface area contributed by atoms with Crippen molar-refractivity contribution in [1.82, 2.24) is 20.5 Å². The van der Waals surface area contributed by atoms with Gasteiger partial charge in [-0.3, -0.25) is 9.89 Å². The normalized spacial score (nSPS) is 12.0. The third-order valence-electron chi connectivity index (χ3n) is 3.32. The zero-order valence-corrected chi connectivity index (χ0v) is 13.5. The molecule has 0 saturated heterocycles. The molecule has 1 atom stereocenters. The van der Waals surface area contributed by atoms with E-state index in [1.807, 2.05) is 30.3 Å². The molecule has 24 heavy (non-hydrogen) atoms. The van der Waals surface area contributed by atoms with Crippen LogP contribution in [0.5, 0.6) is 0 Å². The molecule has 2 aromatic heterocycles. The number of hydrogen-bond acceptors (Lipinski definition) is 6. The average Bonchev–Trinajstić information content (AvgIpc) is 3.30. The minimum Gasteiger partial charge on any atom is -0.455 e. The first-order chi connectivity index (χ1) is 11.8. The molecule has 0 aliphatic carbocycles. The van der Waals surface area contributed by atoms with E-state index in [1.165, 1.54) is 18.1 Å². The number of aromatic nitrogens is 3. The fraction of sp³-hybridized carbons (Fsp3) is 0.188. The third kappa shape index (κ3) is 4.03. The first kappa shape index (κ1) is 16.3. The van der Waals surface area contributed by atoms with E-state index in [0.29, 0.717) is 16.7 Å². The number of nitrogens with zero attached hydrogens (tertiary/aromatic N) is 2. The summed E-state index contributed by atoms with van der Waals surface area (Å²) in [7, 11) is 0. The molecule has 0 bridgehead atoms. The molecule has 1 aromatic carbocycles. The van der Waals surface area contributed by atoms with E-state index in [-0.39, 0.29) is 18.3 Å². The van der Waals surface area contributed by atoms with Crippen molar-refractivity contribution in [2.75, 3.05) is 6.61 Å². The molecule has 7 nitrogen and oxygen atoms in total. The summed E-state index contributed by atoms with van der Waals surface area (Å²) in [4.78, 5) is 16.3. The molecule has 0 saturated carbocycles. The van der Waals surface area contributed by atoms with Crippen LogP contribution in [0.2, 0.25) is 0 Å². The van der Waals surface area contributed by atoms with Crippen LogP contribution >= 0.6 is 11.8 Å². The van der Waals surface area contributed by atoms with Gasteiger partial charge in [0.1, 0.15) is 12.1 Å². The third-order valence-corrected chi connectivity index (χ3v) is 4.22. The molecule has 0 radical (unpaired) electrons. The molecule has 0 unspecified atom stereocenters. The Bertz CT molecular complexity index is 774. The van der Waals surface area contributed by atoms with Crippen LogP contribution in [0.15, 0.2) is 58.4 Å². The number of aliphatic hydroxyl groups excluding tert-OH is 1. The highest BCUT2D eigenvalue weighted by Crippen LogP contribution is 2.20. The zero-order valence-electron chi connectivity index (χ0n) is 12.7. The van der Waals surface area contributed by atoms with Crippen molar-refractivity contribution in [2.45, 2.75) is 17.0 Å². The van der Waals surface area contributed by atoms with E-state index in [2.05, 4.69) is 20.5 Å². The molecular formula is C16H16N4O3S. The maximum absolute atomic E-state index is 12.3. The summed E-state index contributed by atoms with van der Waals surface area (Å²) >= 11 is 1.43. The second kappa shape index (κ2) is 7.80. The number of benzene rings is 1. The SMILES string of the molecule is O=C(N[C@H](CO)c1ccccc1)c1ccc(CSc2ncn[nH]2)o1. The fourth-order valence-corrected chi connectivity index (χ4v) is 2.80. The average molecular weight is 344 g/mol. The van der Waals surface area contributed by atoms with Crippen molar-refractivity contribution in [3.63, 3.8) is 0 Å². The second-order valence-corrected chi connectivity index (χ2v) is 5.93. The summed E-state index contributed by atoms with van der Waals surface area (Å²) in [5, 5.41) is 19.5. The van der Waals surface area contributed by atoms with Crippen molar-refractivity contribution < 1.29 is 14.3 Å². The highest BCUT2D eigenvalue weighted by molar-refractivity contribution is 7.98. The van der Waals surface area contributed by atoms with Gasteiger partial charge in [0.25, 0.3) is 5.91 Å². The Kier molecular flexibility index (Phi) is 5.29. The summed E-state index contributed by atoms with van der Waals surface area (Å²) in [5.74, 6) is 1.03. The highest BCUT2D eigenvalue weighted by Gasteiger charge is 2.17. The summed E-state index contributed by atoms with van der Waals surface area (Å²) < 4.78 is 5.55. The maximum atomic E-state index is 12.3. The smallest absolute Gasteiger partial charge is 0.287 e. The monoisotopic (exact) mass is 344 g/mol. The highest BCUT2D eigenvalue weighted by atomic mass is 32.2. The van der Waals surface area contributed by atoms with E-state index >= 15 is 0 Å². The number of aromatic amines is 1. The molecule has 1 amide bonds. The Morgan fingerprint density at radius 1 is 1.29 bits per heavy atom. The lowest BCUT2D eigenvalue weighted by molar-refractivity contribution is 0.0887. The molecule has 0 fully saturated rings.